The largest absolute Gasteiger partial charge is 0.370 e. The Kier molecular flexibility index (Phi) is 12.6. The highest BCUT2D eigenvalue weighted by Gasteiger charge is 2.30. The van der Waals surface area contributed by atoms with Crippen molar-refractivity contribution in [2.24, 2.45) is 32.9 Å². The molecule has 0 spiro atoms. The van der Waals surface area contributed by atoms with Crippen LogP contribution in [0.1, 0.15) is 31.8 Å². The molecule has 4 aromatic rings. The SMILES string of the molecule is Cc1cc(S(=O)(=O)c2cccc(Cl)c2)c([N+](=O)[O-])cc1C(=O)N=C(N)N.Cc1cc(Sc2cccc(Cl)c2)c([N+](=O)[O-])cc1C(=O)N=C(N)N. The Morgan fingerprint density at radius 3 is 1.68 bits per heavy atom. The standard InChI is InChI=1S/C15H13ClN4O5S.C15H13ClN4O3S/c1-8-5-13(26(24,25)10-4-2-3-9(16)6-10)12(20(22)23)7-11(8)14(21)19-15(17)18;1-8-5-13(24-10-4-2-3-9(16)6-10)12(20(22)23)7-11(8)14(21)19-15(17)18/h2-7H,1H3,(H4,17,18,19,21);2-7H,1H3,(H4,17,18,19,21). The van der Waals surface area contributed by atoms with Gasteiger partial charge in [0.15, 0.2) is 11.9 Å². The van der Waals surface area contributed by atoms with Crippen LogP contribution < -0.4 is 22.9 Å². The average Bonchev–Trinajstić information content (AvgIpc) is 3.00. The summed E-state index contributed by atoms with van der Waals surface area (Å²) in [4.78, 5) is 52.3. The maximum Gasteiger partial charge on any atom is 0.289 e. The lowest BCUT2D eigenvalue weighted by Gasteiger charge is -2.09. The minimum atomic E-state index is -4.25. The van der Waals surface area contributed by atoms with E-state index in [1.54, 1.807) is 37.3 Å². The molecule has 0 saturated carbocycles. The highest BCUT2D eigenvalue weighted by molar-refractivity contribution is 7.99. The summed E-state index contributed by atoms with van der Waals surface area (Å²) >= 11 is 12.9. The van der Waals surface area contributed by atoms with E-state index in [2.05, 4.69) is 9.98 Å². The molecule has 0 radical (unpaired) electrons. The summed E-state index contributed by atoms with van der Waals surface area (Å²) in [6, 6.07) is 16.9. The molecule has 0 aliphatic rings. The molecular formula is C30H26Cl2N8O8S2. The number of nitrogens with zero attached hydrogens (tertiary/aromatic N) is 4. The first kappa shape index (κ1) is 38.9. The minimum Gasteiger partial charge on any atom is -0.370 e. The summed E-state index contributed by atoms with van der Waals surface area (Å²) in [6.07, 6.45) is 0. The maximum absolute atomic E-state index is 12.8. The van der Waals surface area contributed by atoms with Gasteiger partial charge in [-0.25, -0.2) is 8.42 Å². The van der Waals surface area contributed by atoms with Crippen LogP contribution in [0.4, 0.5) is 11.4 Å². The Balaban J connectivity index is 0.000000271. The molecule has 8 N–H and O–H groups in total. The fraction of sp³-hybridized carbons (Fsp3) is 0.0667. The van der Waals surface area contributed by atoms with Crippen molar-refractivity contribution in [3.8, 4) is 0 Å². The van der Waals surface area contributed by atoms with Gasteiger partial charge in [-0.05, 0) is 73.5 Å². The first-order valence-electron chi connectivity index (χ1n) is 13.6. The first-order chi connectivity index (χ1) is 23.3. The highest BCUT2D eigenvalue weighted by Crippen LogP contribution is 2.38. The van der Waals surface area contributed by atoms with Crippen molar-refractivity contribution >= 4 is 79.9 Å². The monoisotopic (exact) mass is 760 g/mol. The quantitative estimate of drug-likeness (QED) is 0.0803. The number of carbonyl (C=O) groups excluding carboxylic acids is 2. The molecule has 0 fully saturated rings. The van der Waals surface area contributed by atoms with E-state index in [9.17, 15) is 38.2 Å². The van der Waals surface area contributed by atoms with E-state index in [4.69, 9.17) is 46.1 Å². The van der Waals surface area contributed by atoms with E-state index < -0.39 is 54.0 Å². The predicted molar refractivity (Wildman–Crippen MR) is 188 cm³/mol. The molecule has 260 valence electrons. The summed E-state index contributed by atoms with van der Waals surface area (Å²) in [7, 11) is -4.25. The topological polar surface area (TPSA) is 283 Å². The van der Waals surface area contributed by atoms with Crippen molar-refractivity contribution in [2.45, 2.75) is 33.4 Å². The van der Waals surface area contributed by atoms with Gasteiger partial charge in [-0.15, -0.1) is 0 Å². The molecule has 16 nitrogen and oxygen atoms in total. The number of hydrogen-bond acceptors (Lipinski definition) is 9. The highest BCUT2D eigenvalue weighted by atomic mass is 35.5. The number of hydrogen-bond donors (Lipinski definition) is 4. The van der Waals surface area contributed by atoms with Crippen molar-refractivity contribution in [1.82, 2.24) is 0 Å². The van der Waals surface area contributed by atoms with Crippen LogP contribution in [0.5, 0.6) is 0 Å². The van der Waals surface area contributed by atoms with Gasteiger partial charge in [0.25, 0.3) is 23.2 Å². The average molecular weight is 762 g/mol. The van der Waals surface area contributed by atoms with E-state index in [-0.39, 0.29) is 32.3 Å². The van der Waals surface area contributed by atoms with Crippen molar-refractivity contribution in [3.05, 3.63) is 125 Å². The van der Waals surface area contributed by atoms with Gasteiger partial charge in [-0.2, -0.15) is 9.98 Å². The lowest BCUT2D eigenvalue weighted by Crippen LogP contribution is -2.24. The van der Waals surface area contributed by atoms with E-state index >= 15 is 0 Å². The number of halogens is 2. The van der Waals surface area contributed by atoms with Crippen LogP contribution in [0.15, 0.2) is 102 Å². The van der Waals surface area contributed by atoms with Crippen LogP contribution in [0.3, 0.4) is 0 Å². The van der Waals surface area contributed by atoms with Crippen LogP contribution in [-0.2, 0) is 9.84 Å². The third-order valence-electron chi connectivity index (χ3n) is 6.35. The van der Waals surface area contributed by atoms with Gasteiger partial charge in [-0.1, -0.05) is 47.1 Å². The molecule has 0 aromatic heterocycles. The Hall–Kier alpha value is -5.56. The van der Waals surface area contributed by atoms with Crippen LogP contribution in [0, 0.1) is 34.1 Å². The number of nitro groups is 2. The number of sulfone groups is 1. The normalized spacial score (nSPS) is 10.6. The van der Waals surface area contributed by atoms with E-state index in [1.165, 1.54) is 49.0 Å². The van der Waals surface area contributed by atoms with E-state index in [1.807, 2.05) is 0 Å². The summed E-state index contributed by atoms with van der Waals surface area (Å²) < 4.78 is 25.6. The molecule has 4 aromatic carbocycles. The Bertz CT molecular complexity index is 2210. The van der Waals surface area contributed by atoms with Gasteiger partial charge >= 0.3 is 0 Å². The lowest BCUT2D eigenvalue weighted by atomic mass is 10.1. The van der Waals surface area contributed by atoms with Gasteiger partial charge in [0.2, 0.25) is 9.84 Å². The molecule has 50 heavy (non-hydrogen) atoms. The van der Waals surface area contributed by atoms with Gasteiger partial charge in [0, 0.05) is 27.1 Å². The number of amides is 2. The number of guanidine groups is 2. The van der Waals surface area contributed by atoms with Crippen LogP contribution >= 0.6 is 35.0 Å². The van der Waals surface area contributed by atoms with Gasteiger partial charge < -0.3 is 22.9 Å². The van der Waals surface area contributed by atoms with Crippen molar-refractivity contribution < 1.29 is 27.9 Å². The Morgan fingerprint density at radius 1 is 0.720 bits per heavy atom. The zero-order valence-corrected chi connectivity index (χ0v) is 29.0. The molecular weight excluding hydrogens is 735 g/mol. The number of aliphatic imine (C=N–C) groups is 2. The summed E-state index contributed by atoms with van der Waals surface area (Å²) in [5.74, 6) is -2.57. The smallest absolute Gasteiger partial charge is 0.289 e. The molecule has 0 heterocycles. The van der Waals surface area contributed by atoms with Gasteiger partial charge in [0.1, 0.15) is 4.90 Å². The molecule has 0 atom stereocenters. The maximum atomic E-state index is 12.8. The number of rotatable bonds is 8. The molecule has 20 heteroatoms. The van der Waals surface area contributed by atoms with Gasteiger partial charge in [-0.3, -0.25) is 29.8 Å². The third kappa shape index (κ3) is 9.75. The lowest BCUT2D eigenvalue weighted by molar-refractivity contribution is -0.388. The third-order valence-corrected chi connectivity index (χ3v) is 9.63. The fourth-order valence-electron chi connectivity index (χ4n) is 4.16. The Morgan fingerprint density at radius 2 is 1.20 bits per heavy atom. The number of carbonyl (C=O) groups is 2. The zero-order valence-electron chi connectivity index (χ0n) is 25.9. The molecule has 0 aliphatic carbocycles. The summed E-state index contributed by atoms with van der Waals surface area (Å²) in [5, 5.41) is 23.4. The van der Waals surface area contributed by atoms with Crippen molar-refractivity contribution in [2.75, 3.05) is 0 Å². The summed E-state index contributed by atoms with van der Waals surface area (Å²) in [5.41, 5.74) is 20.2. The van der Waals surface area contributed by atoms with Gasteiger partial charge in [0.05, 0.1) is 30.8 Å². The fourth-order valence-corrected chi connectivity index (χ4v) is 7.26. The van der Waals surface area contributed by atoms with Crippen LogP contribution in [0.25, 0.3) is 0 Å². The Labute approximate surface area is 298 Å². The second-order valence-corrected chi connectivity index (χ2v) is 13.9. The number of benzene rings is 4. The predicted octanol–water partition coefficient (Wildman–Crippen LogP) is 4.92. The summed E-state index contributed by atoms with van der Waals surface area (Å²) in [6.45, 7) is 3.07. The molecule has 2 amide bonds. The molecule has 4 rings (SSSR count). The zero-order chi connectivity index (χ0) is 37.5. The van der Waals surface area contributed by atoms with Crippen molar-refractivity contribution in [3.63, 3.8) is 0 Å². The number of nitro benzene ring substituents is 2. The second-order valence-electron chi connectivity index (χ2n) is 9.99. The van der Waals surface area contributed by atoms with E-state index in [0.717, 1.165) is 17.0 Å². The minimum absolute atomic E-state index is 0.0746. The molecule has 0 unspecified atom stereocenters. The van der Waals surface area contributed by atoms with Crippen LogP contribution in [0.2, 0.25) is 10.0 Å². The first-order valence-corrected chi connectivity index (χ1v) is 16.7. The number of nitrogens with two attached hydrogens (primary N) is 4. The van der Waals surface area contributed by atoms with Crippen LogP contribution in [-0.4, -0.2) is 42.0 Å². The molecule has 0 bridgehead atoms. The molecule has 0 saturated heterocycles. The molecule has 0 aliphatic heterocycles. The van der Waals surface area contributed by atoms with Crippen molar-refractivity contribution in [1.29, 1.82) is 0 Å². The van der Waals surface area contributed by atoms with E-state index in [0.29, 0.717) is 15.5 Å². The number of aryl methyl sites for hydroxylation is 2. The second kappa shape index (κ2) is 16.2.